The normalized spacial score (nSPS) is 14.0. The van der Waals surface area contributed by atoms with Gasteiger partial charge in [0.05, 0.1) is 6.07 Å². The Morgan fingerprint density at radius 3 is 3.07 bits per heavy atom. The highest BCUT2D eigenvalue weighted by Crippen LogP contribution is 2.22. The van der Waals surface area contributed by atoms with Crippen LogP contribution in [0.5, 0.6) is 0 Å². The Bertz CT molecular complexity index is 436. The average Bonchev–Trinajstić information content (AvgIpc) is 2.44. The van der Waals surface area contributed by atoms with Crippen molar-refractivity contribution in [1.29, 1.82) is 5.26 Å². The van der Waals surface area contributed by atoms with E-state index in [2.05, 4.69) is 0 Å². The fourth-order valence-corrected chi connectivity index (χ4v) is 1.56. The largest absolute Gasteiger partial charge is 0.321 e. The van der Waals surface area contributed by atoms with Crippen molar-refractivity contribution in [2.45, 2.75) is 6.54 Å². The molecule has 1 aromatic carbocycles. The number of halogens is 1. The van der Waals surface area contributed by atoms with E-state index in [1.165, 1.54) is 23.1 Å². The van der Waals surface area contributed by atoms with E-state index in [0.717, 1.165) is 0 Å². The Labute approximate surface area is 80.4 Å². The lowest BCUT2D eigenvalue weighted by Crippen LogP contribution is -2.23. The van der Waals surface area contributed by atoms with Gasteiger partial charge in [0, 0.05) is 12.1 Å². The van der Waals surface area contributed by atoms with Gasteiger partial charge in [0.25, 0.3) is 5.91 Å². The van der Waals surface area contributed by atoms with E-state index >= 15 is 0 Å². The lowest BCUT2D eigenvalue weighted by molar-refractivity contribution is 0.0798. The van der Waals surface area contributed by atoms with Crippen LogP contribution in [0, 0.1) is 17.1 Å². The minimum atomic E-state index is -0.352. The van der Waals surface area contributed by atoms with Crippen molar-refractivity contribution >= 4 is 5.91 Å². The number of rotatable bonds is 1. The van der Waals surface area contributed by atoms with E-state index < -0.39 is 0 Å². The van der Waals surface area contributed by atoms with Crippen LogP contribution in [0.25, 0.3) is 0 Å². The molecule has 1 amide bonds. The fraction of sp³-hybridized carbons (Fsp3) is 0.200. The Morgan fingerprint density at radius 1 is 1.57 bits per heavy atom. The SMILES string of the molecule is N#CCN1Cc2cc(F)ccc2C1=O. The summed E-state index contributed by atoms with van der Waals surface area (Å²) in [5, 5.41) is 8.46. The third-order valence-corrected chi connectivity index (χ3v) is 2.21. The maximum Gasteiger partial charge on any atom is 0.255 e. The number of carbonyl (C=O) groups excluding carboxylic acids is 1. The summed E-state index contributed by atoms with van der Waals surface area (Å²) in [6.45, 7) is 0.384. The molecule has 1 aromatic rings. The summed E-state index contributed by atoms with van der Waals surface area (Å²) in [5.41, 5.74) is 1.16. The zero-order valence-electron chi connectivity index (χ0n) is 7.33. The number of amides is 1. The Balaban J connectivity index is 2.37. The summed E-state index contributed by atoms with van der Waals surface area (Å²) in [7, 11) is 0. The molecular formula is C10H7FN2O. The number of nitriles is 1. The predicted octanol–water partition coefficient (Wildman–Crippen LogP) is 1.31. The van der Waals surface area contributed by atoms with Crippen molar-refractivity contribution in [1.82, 2.24) is 4.90 Å². The first-order chi connectivity index (χ1) is 6.72. The van der Waals surface area contributed by atoms with Crippen LogP contribution in [0.4, 0.5) is 4.39 Å². The van der Waals surface area contributed by atoms with E-state index in [4.69, 9.17) is 5.26 Å². The van der Waals surface area contributed by atoms with Gasteiger partial charge in [-0.1, -0.05) is 0 Å². The quantitative estimate of drug-likeness (QED) is 0.626. The van der Waals surface area contributed by atoms with Gasteiger partial charge in [0.15, 0.2) is 0 Å². The molecule has 0 fully saturated rings. The molecule has 0 N–H and O–H groups in total. The number of fused-ring (bicyclic) bond motifs is 1. The maximum absolute atomic E-state index is 12.8. The van der Waals surface area contributed by atoms with E-state index in [-0.39, 0.29) is 18.3 Å². The number of nitrogens with zero attached hydrogens (tertiary/aromatic N) is 2. The first-order valence-corrected chi connectivity index (χ1v) is 4.17. The summed E-state index contributed by atoms with van der Waals surface area (Å²) < 4.78 is 12.8. The highest BCUT2D eigenvalue weighted by Gasteiger charge is 2.26. The van der Waals surface area contributed by atoms with Crippen LogP contribution in [-0.4, -0.2) is 17.4 Å². The molecule has 0 atom stereocenters. The summed E-state index contributed by atoms with van der Waals surface area (Å²) in [5.74, 6) is -0.545. The van der Waals surface area contributed by atoms with Gasteiger partial charge in [-0.25, -0.2) is 4.39 Å². The Hall–Kier alpha value is -1.89. The van der Waals surface area contributed by atoms with Crippen molar-refractivity contribution < 1.29 is 9.18 Å². The molecule has 1 heterocycles. The molecule has 14 heavy (non-hydrogen) atoms. The average molecular weight is 190 g/mol. The lowest BCUT2D eigenvalue weighted by Gasteiger charge is -2.08. The van der Waals surface area contributed by atoms with Gasteiger partial charge in [0.1, 0.15) is 12.4 Å². The number of hydrogen-bond acceptors (Lipinski definition) is 2. The molecule has 2 rings (SSSR count). The second kappa shape index (κ2) is 3.11. The molecule has 1 aliphatic rings. The van der Waals surface area contributed by atoms with E-state index in [1.54, 1.807) is 0 Å². The highest BCUT2D eigenvalue weighted by atomic mass is 19.1. The van der Waals surface area contributed by atoms with Crippen molar-refractivity contribution in [3.05, 3.63) is 35.1 Å². The van der Waals surface area contributed by atoms with Gasteiger partial charge >= 0.3 is 0 Å². The molecule has 0 aliphatic carbocycles. The predicted molar refractivity (Wildman–Crippen MR) is 46.8 cm³/mol. The van der Waals surface area contributed by atoms with E-state index in [0.29, 0.717) is 17.7 Å². The summed E-state index contributed by atoms with van der Waals surface area (Å²) in [6, 6.07) is 5.96. The first-order valence-electron chi connectivity index (χ1n) is 4.17. The molecule has 0 bridgehead atoms. The molecular weight excluding hydrogens is 183 g/mol. The van der Waals surface area contributed by atoms with Gasteiger partial charge in [0.2, 0.25) is 0 Å². The van der Waals surface area contributed by atoms with Crippen LogP contribution in [0.15, 0.2) is 18.2 Å². The highest BCUT2D eigenvalue weighted by molar-refractivity contribution is 5.98. The molecule has 0 saturated carbocycles. The van der Waals surface area contributed by atoms with Crippen molar-refractivity contribution in [2.75, 3.05) is 6.54 Å². The topological polar surface area (TPSA) is 44.1 Å². The van der Waals surface area contributed by atoms with Crippen LogP contribution < -0.4 is 0 Å². The Kier molecular flexibility index (Phi) is 1.93. The lowest BCUT2D eigenvalue weighted by atomic mass is 10.1. The van der Waals surface area contributed by atoms with Crippen LogP contribution in [-0.2, 0) is 6.54 Å². The summed E-state index contributed by atoms with van der Waals surface area (Å²) in [6.07, 6.45) is 0. The standard InChI is InChI=1S/C10H7FN2O/c11-8-1-2-9-7(5-8)6-13(4-3-12)10(9)14/h1-2,5H,4,6H2. The van der Waals surface area contributed by atoms with Crippen LogP contribution >= 0.6 is 0 Å². The molecule has 0 unspecified atom stereocenters. The van der Waals surface area contributed by atoms with Crippen LogP contribution in [0.2, 0.25) is 0 Å². The zero-order valence-corrected chi connectivity index (χ0v) is 7.33. The van der Waals surface area contributed by atoms with E-state index in [9.17, 15) is 9.18 Å². The molecule has 70 valence electrons. The Morgan fingerprint density at radius 2 is 2.36 bits per heavy atom. The van der Waals surface area contributed by atoms with Crippen molar-refractivity contribution in [3.8, 4) is 6.07 Å². The van der Waals surface area contributed by atoms with E-state index in [1.807, 2.05) is 6.07 Å². The van der Waals surface area contributed by atoms with Gasteiger partial charge in [-0.2, -0.15) is 5.26 Å². The molecule has 0 aromatic heterocycles. The van der Waals surface area contributed by atoms with Gasteiger partial charge in [-0.05, 0) is 23.8 Å². The fourth-order valence-electron chi connectivity index (χ4n) is 1.56. The molecule has 3 nitrogen and oxygen atoms in total. The minimum absolute atomic E-state index is 0.0507. The van der Waals surface area contributed by atoms with Gasteiger partial charge in [-0.15, -0.1) is 0 Å². The number of hydrogen-bond donors (Lipinski definition) is 0. The monoisotopic (exact) mass is 190 g/mol. The molecule has 0 saturated heterocycles. The third-order valence-electron chi connectivity index (χ3n) is 2.21. The molecule has 1 aliphatic heterocycles. The van der Waals surface area contributed by atoms with Gasteiger partial charge < -0.3 is 4.90 Å². The summed E-state index contributed by atoms with van der Waals surface area (Å²) in [4.78, 5) is 12.9. The molecule has 4 heteroatoms. The second-order valence-electron chi connectivity index (χ2n) is 3.12. The zero-order chi connectivity index (χ0) is 10.1. The summed E-state index contributed by atoms with van der Waals surface area (Å²) >= 11 is 0. The number of benzene rings is 1. The van der Waals surface area contributed by atoms with Crippen LogP contribution in [0.1, 0.15) is 15.9 Å². The second-order valence-corrected chi connectivity index (χ2v) is 3.12. The van der Waals surface area contributed by atoms with Crippen molar-refractivity contribution in [2.24, 2.45) is 0 Å². The smallest absolute Gasteiger partial charge is 0.255 e. The molecule has 0 radical (unpaired) electrons. The minimum Gasteiger partial charge on any atom is -0.321 e. The number of carbonyl (C=O) groups is 1. The maximum atomic E-state index is 12.8. The third kappa shape index (κ3) is 1.23. The first kappa shape index (κ1) is 8.70. The van der Waals surface area contributed by atoms with Crippen molar-refractivity contribution in [3.63, 3.8) is 0 Å². The van der Waals surface area contributed by atoms with Crippen LogP contribution in [0.3, 0.4) is 0 Å². The van der Waals surface area contributed by atoms with Gasteiger partial charge in [-0.3, -0.25) is 4.79 Å². The molecule has 0 spiro atoms.